The summed E-state index contributed by atoms with van der Waals surface area (Å²) in [4.78, 5) is 16.4. The number of ether oxygens (including phenoxy) is 1. The van der Waals surface area contributed by atoms with Gasteiger partial charge >= 0.3 is 0 Å². The molecule has 2 atom stereocenters. The maximum Gasteiger partial charge on any atom is 0.228 e. The van der Waals surface area contributed by atoms with E-state index in [4.69, 9.17) is 4.74 Å². The Kier molecular flexibility index (Phi) is 4.75. The van der Waals surface area contributed by atoms with Gasteiger partial charge in [-0.3, -0.25) is 9.97 Å². The standard InChI is InChI=1S/C22H27N4O3/c1-21(2)11-17(21)20(27)24-15-7-10-19(23-13-15)29-16-8-5-14(6-9-16)25-26(28)18-12-22(18,3)4/h5-10,13,17-18,25H,11-12H2,1-4H3,(H,24,27)/q-1/t17-,18+/m1/s1. The van der Waals surface area contributed by atoms with Crippen molar-refractivity contribution in [2.75, 3.05) is 10.7 Å². The van der Waals surface area contributed by atoms with E-state index in [9.17, 15) is 10.0 Å². The van der Waals surface area contributed by atoms with Crippen molar-refractivity contribution in [3.63, 3.8) is 0 Å². The molecule has 2 aliphatic rings. The zero-order valence-corrected chi connectivity index (χ0v) is 17.2. The Morgan fingerprint density at radius 3 is 2.21 bits per heavy atom. The molecule has 2 N–H and O–H groups in total. The molecule has 0 spiro atoms. The molecule has 2 aromatic rings. The van der Waals surface area contributed by atoms with E-state index in [2.05, 4.69) is 43.4 Å². The van der Waals surface area contributed by atoms with E-state index in [1.165, 1.54) is 0 Å². The summed E-state index contributed by atoms with van der Waals surface area (Å²) in [7, 11) is 0. The van der Waals surface area contributed by atoms with E-state index >= 15 is 0 Å². The van der Waals surface area contributed by atoms with E-state index < -0.39 is 0 Å². The summed E-state index contributed by atoms with van der Waals surface area (Å²) in [6.45, 7) is 8.35. The first-order valence-electron chi connectivity index (χ1n) is 9.92. The van der Waals surface area contributed by atoms with Gasteiger partial charge in [0.25, 0.3) is 0 Å². The van der Waals surface area contributed by atoms with Crippen LogP contribution in [0.5, 0.6) is 11.6 Å². The van der Waals surface area contributed by atoms with Gasteiger partial charge in [-0.15, -0.1) is 0 Å². The van der Waals surface area contributed by atoms with Crippen LogP contribution in [0.25, 0.3) is 0 Å². The van der Waals surface area contributed by atoms with Crippen LogP contribution in [0.4, 0.5) is 11.4 Å². The lowest BCUT2D eigenvalue weighted by Crippen LogP contribution is -2.28. The minimum absolute atomic E-state index is 0.00705. The molecule has 0 saturated heterocycles. The van der Waals surface area contributed by atoms with Crippen molar-refractivity contribution < 1.29 is 9.53 Å². The van der Waals surface area contributed by atoms with Gasteiger partial charge in [0, 0.05) is 23.7 Å². The quantitative estimate of drug-likeness (QED) is 0.656. The summed E-state index contributed by atoms with van der Waals surface area (Å²) in [6.07, 6.45) is 3.40. The Balaban J connectivity index is 1.29. The third kappa shape index (κ3) is 4.52. The fraction of sp³-hybridized carbons (Fsp3) is 0.455. The van der Waals surface area contributed by atoms with Gasteiger partial charge in [0.15, 0.2) is 0 Å². The van der Waals surface area contributed by atoms with Crippen molar-refractivity contribution in [2.45, 2.75) is 46.6 Å². The lowest BCUT2D eigenvalue weighted by atomic mass is 10.1. The van der Waals surface area contributed by atoms with Crippen molar-refractivity contribution in [1.29, 1.82) is 0 Å². The number of anilines is 2. The summed E-state index contributed by atoms with van der Waals surface area (Å²) in [5.41, 5.74) is 4.40. The van der Waals surface area contributed by atoms with Gasteiger partial charge in [0.05, 0.1) is 11.9 Å². The molecule has 0 unspecified atom stereocenters. The third-order valence-corrected chi connectivity index (χ3v) is 5.89. The molecule has 0 aliphatic heterocycles. The minimum Gasteiger partial charge on any atom is -0.767 e. The van der Waals surface area contributed by atoms with Crippen molar-refractivity contribution in [3.05, 3.63) is 47.8 Å². The SMILES string of the molecule is CC1(C)C[C@@H]1C(=O)Nc1ccc(Oc2ccc(NN([O-])[C@H]3CC3(C)C)cc2)nc1. The second-order valence-electron chi connectivity index (χ2n) is 9.39. The molecule has 7 heteroatoms. The normalized spacial score (nSPS) is 23.4. The molecule has 1 aromatic heterocycles. The van der Waals surface area contributed by atoms with Crippen LogP contribution in [0.3, 0.4) is 0 Å². The summed E-state index contributed by atoms with van der Waals surface area (Å²) in [5, 5.41) is 15.9. The predicted octanol–water partition coefficient (Wildman–Crippen LogP) is 4.78. The average molecular weight is 395 g/mol. The van der Waals surface area contributed by atoms with E-state index in [1.54, 1.807) is 42.6 Å². The van der Waals surface area contributed by atoms with Crippen molar-refractivity contribution in [2.24, 2.45) is 16.7 Å². The van der Waals surface area contributed by atoms with E-state index in [0.717, 1.165) is 18.0 Å². The number of carbonyl (C=O) groups is 1. The highest BCUT2D eigenvalue weighted by molar-refractivity contribution is 5.94. The summed E-state index contributed by atoms with van der Waals surface area (Å²) < 4.78 is 5.74. The molecule has 0 radical (unpaired) electrons. The zero-order valence-electron chi connectivity index (χ0n) is 17.2. The number of aromatic nitrogens is 1. The van der Waals surface area contributed by atoms with Gasteiger partial charge in [0.2, 0.25) is 11.8 Å². The first-order valence-corrected chi connectivity index (χ1v) is 9.92. The number of hydrazine groups is 1. The van der Waals surface area contributed by atoms with Crippen LogP contribution in [0.15, 0.2) is 42.6 Å². The highest BCUT2D eigenvalue weighted by Crippen LogP contribution is 2.52. The van der Waals surface area contributed by atoms with E-state index in [0.29, 0.717) is 23.0 Å². The molecule has 1 heterocycles. The second-order valence-corrected chi connectivity index (χ2v) is 9.39. The van der Waals surface area contributed by atoms with Gasteiger partial charge in [-0.25, -0.2) is 4.98 Å². The smallest absolute Gasteiger partial charge is 0.228 e. The molecule has 2 saturated carbocycles. The highest BCUT2D eigenvalue weighted by Gasteiger charge is 2.50. The van der Waals surface area contributed by atoms with Crippen LogP contribution >= 0.6 is 0 Å². The largest absolute Gasteiger partial charge is 0.767 e. The molecule has 29 heavy (non-hydrogen) atoms. The van der Waals surface area contributed by atoms with Crippen molar-refractivity contribution >= 4 is 17.3 Å². The molecule has 1 amide bonds. The van der Waals surface area contributed by atoms with Gasteiger partial charge in [-0.1, -0.05) is 27.7 Å². The summed E-state index contributed by atoms with van der Waals surface area (Å²) in [5.74, 6) is 1.15. The topological polar surface area (TPSA) is 89.5 Å². The first kappa shape index (κ1) is 19.7. The average Bonchev–Trinajstić information content (AvgIpc) is 3.52. The third-order valence-electron chi connectivity index (χ3n) is 5.89. The van der Waals surface area contributed by atoms with Crippen molar-refractivity contribution in [3.8, 4) is 11.6 Å². The molecule has 4 rings (SSSR count). The number of amides is 1. The lowest BCUT2D eigenvalue weighted by molar-refractivity contribution is -0.118. The molecule has 2 aliphatic carbocycles. The molecular formula is C22H27N4O3-. The Morgan fingerprint density at radius 2 is 1.69 bits per heavy atom. The number of carbonyl (C=O) groups excluding carboxylic acids is 1. The van der Waals surface area contributed by atoms with Gasteiger partial charge in [-0.05, 0) is 54.0 Å². The van der Waals surface area contributed by atoms with Crippen LogP contribution in [0.2, 0.25) is 0 Å². The number of nitrogens with one attached hydrogen (secondary N) is 2. The van der Waals surface area contributed by atoms with E-state index in [1.807, 2.05) is 0 Å². The number of pyridine rings is 1. The Hall–Kier alpha value is -2.64. The van der Waals surface area contributed by atoms with Crippen LogP contribution < -0.4 is 15.5 Å². The highest BCUT2D eigenvalue weighted by atomic mass is 16.5. The Morgan fingerprint density at radius 1 is 1.07 bits per heavy atom. The van der Waals surface area contributed by atoms with Crippen LogP contribution in [0.1, 0.15) is 40.5 Å². The second kappa shape index (κ2) is 7.00. The maximum atomic E-state index is 12.2. The van der Waals surface area contributed by atoms with Gasteiger partial charge < -0.3 is 20.7 Å². The fourth-order valence-electron chi connectivity index (χ4n) is 3.42. The molecule has 1 aromatic carbocycles. The monoisotopic (exact) mass is 395 g/mol. The fourth-order valence-corrected chi connectivity index (χ4v) is 3.42. The number of hydrogen-bond donors (Lipinski definition) is 2. The maximum absolute atomic E-state index is 12.2. The molecule has 2 fully saturated rings. The first-order chi connectivity index (χ1) is 13.6. The number of nitrogens with zero attached hydrogens (tertiary/aromatic N) is 2. The minimum atomic E-state index is 0.00705. The van der Waals surface area contributed by atoms with E-state index in [-0.39, 0.29) is 28.7 Å². The van der Waals surface area contributed by atoms with Gasteiger partial charge in [0.1, 0.15) is 5.75 Å². The number of rotatable bonds is 7. The number of hydrogen-bond acceptors (Lipinski definition) is 6. The van der Waals surface area contributed by atoms with Crippen LogP contribution in [-0.2, 0) is 4.79 Å². The Bertz CT molecular complexity index is 893. The Labute approximate surface area is 171 Å². The molecule has 0 bridgehead atoms. The van der Waals surface area contributed by atoms with Gasteiger partial charge in [-0.2, -0.15) is 0 Å². The van der Waals surface area contributed by atoms with Crippen LogP contribution in [-0.4, -0.2) is 22.1 Å². The number of hydroxylamine groups is 1. The zero-order chi connectivity index (χ0) is 20.8. The number of benzene rings is 1. The molecular weight excluding hydrogens is 368 g/mol. The summed E-state index contributed by atoms with van der Waals surface area (Å²) >= 11 is 0. The lowest BCUT2D eigenvalue weighted by Gasteiger charge is -2.31. The molecule has 7 nitrogen and oxygen atoms in total. The summed E-state index contributed by atoms with van der Waals surface area (Å²) in [6, 6.07) is 10.6. The van der Waals surface area contributed by atoms with Crippen molar-refractivity contribution in [1.82, 2.24) is 10.2 Å². The van der Waals surface area contributed by atoms with Crippen LogP contribution in [0, 0.1) is 22.0 Å². The predicted molar refractivity (Wildman–Crippen MR) is 112 cm³/mol. The molecule has 154 valence electrons.